The normalized spacial score (nSPS) is 10.5. The number of carbonyl (C=O) groups is 2. The van der Waals surface area contributed by atoms with E-state index in [4.69, 9.17) is 9.47 Å². The molecular formula is C22H17BrN2O4. The molecule has 29 heavy (non-hydrogen) atoms. The molecule has 1 amide bonds. The van der Waals surface area contributed by atoms with Crippen molar-refractivity contribution in [3.05, 3.63) is 94.5 Å². The number of esters is 1. The van der Waals surface area contributed by atoms with E-state index in [9.17, 15) is 9.59 Å². The van der Waals surface area contributed by atoms with Gasteiger partial charge in [-0.25, -0.2) is 10.2 Å². The van der Waals surface area contributed by atoms with Crippen LogP contribution in [0, 0.1) is 0 Å². The Hall–Kier alpha value is -3.45. The van der Waals surface area contributed by atoms with Crippen molar-refractivity contribution in [2.75, 3.05) is 6.61 Å². The third kappa shape index (κ3) is 6.58. The van der Waals surface area contributed by atoms with E-state index in [0.717, 1.165) is 10.0 Å². The van der Waals surface area contributed by atoms with Crippen molar-refractivity contribution >= 4 is 34.0 Å². The van der Waals surface area contributed by atoms with Gasteiger partial charge < -0.3 is 9.47 Å². The highest BCUT2D eigenvalue weighted by atomic mass is 79.9. The van der Waals surface area contributed by atoms with Gasteiger partial charge in [0.25, 0.3) is 5.91 Å². The highest BCUT2D eigenvalue weighted by molar-refractivity contribution is 9.10. The zero-order valence-electron chi connectivity index (χ0n) is 15.2. The average molecular weight is 453 g/mol. The summed E-state index contributed by atoms with van der Waals surface area (Å²) in [5.41, 5.74) is 3.58. The van der Waals surface area contributed by atoms with Crippen molar-refractivity contribution in [3.63, 3.8) is 0 Å². The number of hydrogen-bond donors (Lipinski definition) is 1. The van der Waals surface area contributed by atoms with Crippen LogP contribution in [0.1, 0.15) is 15.9 Å². The van der Waals surface area contributed by atoms with E-state index >= 15 is 0 Å². The first-order chi connectivity index (χ1) is 14.1. The van der Waals surface area contributed by atoms with Crippen LogP contribution in [-0.2, 0) is 4.79 Å². The van der Waals surface area contributed by atoms with E-state index in [2.05, 4.69) is 26.5 Å². The van der Waals surface area contributed by atoms with E-state index < -0.39 is 5.97 Å². The molecule has 1 N–H and O–H groups in total. The van der Waals surface area contributed by atoms with E-state index in [1.54, 1.807) is 60.7 Å². The number of nitrogens with one attached hydrogen (secondary N) is 1. The van der Waals surface area contributed by atoms with Crippen LogP contribution >= 0.6 is 15.9 Å². The molecule has 0 radical (unpaired) electrons. The predicted molar refractivity (Wildman–Crippen MR) is 113 cm³/mol. The SMILES string of the molecule is O=C(COc1ccccc1)N/N=C/c1ccc(OC(=O)c2ccc(Br)cc2)cc1. The van der Waals surface area contributed by atoms with Crippen molar-refractivity contribution in [2.24, 2.45) is 5.10 Å². The zero-order chi connectivity index (χ0) is 20.5. The van der Waals surface area contributed by atoms with Gasteiger partial charge in [-0.2, -0.15) is 5.10 Å². The quantitative estimate of drug-likeness (QED) is 0.252. The second-order valence-corrected chi connectivity index (χ2v) is 6.78. The van der Waals surface area contributed by atoms with Gasteiger partial charge in [0.2, 0.25) is 0 Å². The molecule has 0 fully saturated rings. The number of halogens is 1. The van der Waals surface area contributed by atoms with E-state index in [1.807, 2.05) is 18.2 Å². The maximum atomic E-state index is 12.1. The Kier molecular flexibility index (Phi) is 7.13. The fourth-order valence-corrected chi connectivity index (χ4v) is 2.51. The summed E-state index contributed by atoms with van der Waals surface area (Å²) < 4.78 is 11.5. The summed E-state index contributed by atoms with van der Waals surface area (Å²) in [6, 6.07) is 22.7. The summed E-state index contributed by atoms with van der Waals surface area (Å²) in [6.07, 6.45) is 1.49. The molecule has 3 aromatic carbocycles. The molecule has 0 atom stereocenters. The number of hydrazone groups is 1. The molecule has 0 bridgehead atoms. The summed E-state index contributed by atoms with van der Waals surface area (Å²) in [7, 11) is 0. The fraction of sp³-hybridized carbons (Fsp3) is 0.0455. The largest absolute Gasteiger partial charge is 0.484 e. The molecule has 6 nitrogen and oxygen atoms in total. The highest BCUT2D eigenvalue weighted by Crippen LogP contribution is 2.15. The first-order valence-electron chi connectivity index (χ1n) is 8.68. The number of nitrogens with zero attached hydrogens (tertiary/aromatic N) is 1. The van der Waals surface area contributed by atoms with Gasteiger partial charge in [0.15, 0.2) is 6.61 Å². The van der Waals surface area contributed by atoms with Crippen LogP contribution in [0.25, 0.3) is 0 Å². The van der Waals surface area contributed by atoms with Crippen LogP contribution in [-0.4, -0.2) is 24.7 Å². The molecule has 0 heterocycles. The molecule has 0 saturated heterocycles. The number of carbonyl (C=O) groups excluding carboxylic acids is 2. The molecule has 0 aliphatic rings. The Morgan fingerprint density at radius 3 is 2.28 bits per heavy atom. The van der Waals surface area contributed by atoms with Crippen LogP contribution in [0.2, 0.25) is 0 Å². The van der Waals surface area contributed by atoms with Gasteiger partial charge in [0.05, 0.1) is 11.8 Å². The average Bonchev–Trinajstić information content (AvgIpc) is 2.75. The van der Waals surface area contributed by atoms with E-state index in [0.29, 0.717) is 17.1 Å². The Labute approximate surface area is 176 Å². The maximum absolute atomic E-state index is 12.1. The van der Waals surface area contributed by atoms with Crippen molar-refractivity contribution in [2.45, 2.75) is 0 Å². The lowest BCUT2D eigenvalue weighted by Crippen LogP contribution is -2.24. The third-order valence-electron chi connectivity index (χ3n) is 3.69. The molecule has 3 aromatic rings. The monoisotopic (exact) mass is 452 g/mol. The summed E-state index contributed by atoms with van der Waals surface area (Å²) in [5.74, 6) is 0.213. The number of amides is 1. The molecule has 0 saturated carbocycles. The van der Waals surface area contributed by atoms with Gasteiger partial charge in [0.1, 0.15) is 11.5 Å². The topological polar surface area (TPSA) is 77.0 Å². The van der Waals surface area contributed by atoms with Crippen molar-refractivity contribution in [1.29, 1.82) is 0 Å². The molecule has 0 aromatic heterocycles. The molecule has 0 unspecified atom stereocenters. The van der Waals surface area contributed by atoms with Gasteiger partial charge in [-0.1, -0.05) is 34.1 Å². The lowest BCUT2D eigenvalue weighted by molar-refractivity contribution is -0.123. The Morgan fingerprint density at radius 2 is 1.59 bits per heavy atom. The third-order valence-corrected chi connectivity index (χ3v) is 4.22. The minimum absolute atomic E-state index is 0.133. The Morgan fingerprint density at radius 1 is 0.897 bits per heavy atom. The van der Waals surface area contributed by atoms with E-state index in [-0.39, 0.29) is 12.5 Å². The second kappa shape index (κ2) is 10.2. The van der Waals surface area contributed by atoms with Gasteiger partial charge >= 0.3 is 5.97 Å². The lowest BCUT2D eigenvalue weighted by atomic mass is 10.2. The summed E-state index contributed by atoms with van der Waals surface area (Å²) >= 11 is 3.32. The Bertz CT molecular complexity index is 988. The standard InChI is InChI=1S/C22H17BrN2O4/c23-18-10-8-17(9-11-18)22(27)29-20-12-6-16(7-13-20)14-24-25-21(26)15-28-19-4-2-1-3-5-19/h1-14H,15H2,(H,25,26)/b24-14+. The summed E-state index contributed by atoms with van der Waals surface area (Å²) in [4.78, 5) is 23.8. The minimum atomic E-state index is -0.440. The van der Waals surface area contributed by atoms with Gasteiger partial charge in [-0.3, -0.25) is 4.79 Å². The number of ether oxygens (including phenoxy) is 2. The zero-order valence-corrected chi connectivity index (χ0v) is 16.8. The van der Waals surface area contributed by atoms with E-state index in [1.165, 1.54) is 6.21 Å². The second-order valence-electron chi connectivity index (χ2n) is 5.86. The van der Waals surface area contributed by atoms with Crippen molar-refractivity contribution in [1.82, 2.24) is 5.43 Å². The number of rotatable bonds is 7. The molecule has 3 rings (SSSR count). The molecule has 0 aliphatic carbocycles. The van der Waals surface area contributed by atoms with Crippen LogP contribution < -0.4 is 14.9 Å². The number of para-hydroxylation sites is 1. The van der Waals surface area contributed by atoms with Crippen molar-refractivity contribution in [3.8, 4) is 11.5 Å². The molecule has 7 heteroatoms. The molecule has 0 aliphatic heterocycles. The minimum Gasteiger partial charge on any atom is -0.484 e. The smallest absolute Gasteiger partial charge is 0.343 e. The molecule has 0 spiro atoms. The summed E-state index contributed by atoms with van der Waals surface area (Å²) in [5, 5.41) is 3.88. The number of hydrogen-bond acceptors (Lipinski definition) is 5. The van der Waals surface area contributed by atoms with Gasteiger partial charge in [-0.15, -0.1) is 0 Å². The Balaban J connectivity index is 1.46. The number of benzene rings is 3. The first kappa shape index (κ1) is 20.3. The van der Waals surface area contributed by atoms with Crippen LogP contribution in [0.3, 0.4) is 0 Å². The maximum Gasteiger partial charge on any atom is 0.343 e. The summed E-state index contributed by atoms with van der Waals surface area (Å²) in [6.45, 7) is -0.133. The van der Waals surface area contributed by atoms with Gasteiger partial charge in [0, 0.05) is 4.47 Å². The van der Waals surface area contributed by atoms with Crippen LogP contribution in [0.5, 0.6) is 11.5 Å². The van der Waals surface area contributed by atoms with Crippen LogP contribution in [0.15, 0.2) is 88.4 Å². The fourth-order valence-electron chi connectivity index (χ4n) is 2.25. The van der Waals surface area contributed by atoms with Gasteiger partial charge in [-0.05, 0) is 66.2 Å². The van der Waals surface area contributed by atoms with Crippen LogP contribution in [0.4, 0.5) is 0 Å². The lowest BCUT2D eigenvalue weighted by Gasteiger charge is -2.05. The van der Waals surface area contributed by atoms with Crippen molar-refractivity contribution < 1.29 is 19.1 Å². The molecular weight excluding hydrogens is 436 g/mol. The molecule has 146 valence electrons. The predicted octanol–water partition coefficient (Wildman–Crippen LogP) is 4.20. The first-order valence-corrected chi connectivity index (χ1v) is 9.47. The highest BCUT2D eigenvalue weighted by Gasteiger charge is 2.08.